The largest absolute Gasteiger partial charge is 0.468 e. The number of ether oxygens (including phenoxy) is 2. The Morgan fingerprint density at radius 2 is 2.23 bits per heavy atom. The van der Waals surface area contributed by atoms with Crippen LogP contribution in [0.5, 0.6) is 0 Å². The highest BCUT2D eigenvalue weighted by atomic mass is 32.2. The Morgan fingerprint density at radius 3 is 2.95 bits per heavy atom. The van der Waals surface area contributed by atoms with Crippen LogP contribution in [0.15, 0.2) is 30.3 Å². The van der Waals surface area contributed by atoms with E-state index < -0.39 is 0 Å². The van der Waals surface area contributed by atoms with E-state index in [9.17, 15) is 4.79 Å². The maximum atomic E-state index is 11.5. The van der Waals surface area contributed by atoms with Gasteiger partial charge in [0.25, 0.3) is 5.72 Å². The summed E-state index contributed by atoms with van der Waals surface area (Å²) in [7, 11) is 1.43. The molecule has 0 N–H and O–H groups in total. The normalized spacial score (nSPS) is 27.6. The van der Waals surface area contributed by atoms with Gasteiger partial charge in [-0.25, -0.2) is 0 Å². The number of fused-ring (bicyclic) bond motifs is 1. The van der Waals surface area contributed by atoms with Gasteiger partial charge in [-0.3, -0.25) is 4.79 Å². The predicted molar refractivity (Wildman–Crippen MR) is 87.1 cm³/mol. The van der Waals surface area contributed by atoms with Gasteiger partial charge in [0.1, 0.15) is 12.4 Å². The van der Waals surface area contributed by atoms with E-state index in [1.165, 1.54) is 17.7 Å². The Morgan fingerprint density at radius 1 is 1.45 bits per heavy atom. The number of carbonyl (C=O) groups is 1. The minimum atomic E-state index is -0.253. The van der Waals surface area contributed by atoms with Crippen molar-refractivity contribution in [2.24, 2.45) is 0 Å². The zero-order chi connectivity index (χ0) is 15.6. The SMILES string of the molecule is COC(=O)CSC1=[N+]2[C@@H](c3ccccc3)CO[C@]2(C)CCC1. The summed E-state index contributed by atoms with van der Waals surface area (Å²) in [6.07, 6.45) is 3.13. The molecule has 1 saturated heterocycles. The Kier molecular flexibility index (Phi) is 4.54. The van der Waals surface area contributed by atoms with Crippen molar-refractivity contribution in [1.82, 2.24) is 0 Å². The van der Waals surface area contributed by atoms with Gasteiger partial charge >= 0.3 is 5.97 Å². The third kappa shape index (κ3) is 2.92. The lowest BCUT2D eigenvalue weighted by Gasteiger charge is -2.27. The second kappa shape index (κ2) is 6.42. The molecule has 3 rings (SSSR count). The van der Waals surface area contributed by atoms with E-state index in [0.29, 0.717) is 12.4 Å². The van der Waals surface area contributed by atoms with Gasteiger partial charge in [0, 0.05) is 25.3 Å². The molecule has 2 aliphatic rings. The van der Waals surface area contributed by atoms with Crippen LogP contribution in [0.3, 0.4) is 0 Å². The van der Waals surface area contributed by atoms with Crippen molar-refractivity contribution in [2.75, 3.05) is 19.5 Å². The Hall–Kier alpha value is -1.33. The summed E-state index contributed by atoms with van der Waals surface area (Å²) >= 11 is 1.59. The Labute approximate surface area is 135 Å². The molecule has 2 heterocycles. The van der Waals surface area contributed by atoms with E-state index in [2.05, 4.69) is 35.8 Å². The summed E-state index contributed by atoms with van der Waals surface area (Å²) in [6, 6.07) is 10.7. The predicted octanol–water partition coefficient (Wildman–Crippen LogP) is 2.98. The van der Waals surface area contributed by atoms with Crippen molar-refractivity contribution in [2.45, 2.75) is 38.0 Å². The molecule has 0 aromatic heterocycles. The fraction of sp³-hybridized carbons (Fsp3) is 0.529. The molecule has 0 amide bonds. The number of benzene rings is 1. The summed E-state index contributed by atoms with van der Waals surface area (Å²) in [5.41, 5.74) is 1.02. The maximum absolute atomic E-state index is 11.5. The minimum Gasteiger partial charge on any atom is -0.468 e. The average molecular weight is 320 g/mol. The smallest absolute Gasteiger partial charge is 0.316 e. The molecule has 1 aromatic carbocycles. The lowest BCUT2D eigenvalue weighted by atomic mass is 10.0. The van der Waals surface area contributed by atoms with Gasteiger partial charge in [-0.05, 0) is 6.42 Å². The maximum Gasteiger partial charge on any atom is 0.316 e. The Balaban J connectivity index is 1.92. The molecule has 0 radical (unpaired) electrons. The van der Waals surface area contributed by atoms with Gasteiger partial charge in [-0.2, -0.15) is 4.58 Å². The molecular weight excluding hydrogens is 298 g/mol. The second-order valence-corrected chi connectivity index (χ2v) is 6.94. The van der Waals surface area contributed by atoms with E-state index in [4.69, 9.17) is 9.47 Å². The van der Waals surface area contributed by atoms with Crippen molar-refractivity contribution in [1.29, 1.82) is 0 Å². The summed E-state index contributed by atoms with van der Waals surface area (Å²) < 4.78 is 13.3. The van der Waals surface area contributed by atoms with Gasteiger partial charge < -0.3 is 9.47 Å². The quantitative estimate of drug-likeness (QED) is 0.634. The molecule has 1 aromatic rings. The molecular formula is C17H22NO3S+. The molecule has 0 unspecified atom stereocenters. The van der Waals surface area contributed by atoms with Crippen molar-refractivity contribution in [3.05, 3.63) is 35.9 Å². The lowest BCUT2D eigenvalue weighted by molar-refractivity contribution is -0.649. The minimum absolute atomic E-state index is 0.179. The second-order valence-electron chi connectivity index (χ2n) is 5.89. The number of hydrogen-bond acceptors (Lipinski definition) is 4. The first-order valence-corrected chi connectivity index (χ1v) is 8.66. The van der Waals surface area contributed by atoms with Crippen molar-refractivity contribution >= 4 is 22.8 Å². The number of hydrogen-bond donors (Lipinski definition) is 0. The van der Waals surface area contributed by atoms with Gasteiger partial charge in [0.05, 0.1) is 7.11 Å². The van der Waals surface area contributed by atoms with Crippen molar-refractivity contribution in [3.63, 3.8) is 0 Å². The molecule has 0 spiro atoms. The highest BCUT2D eigenvalue weighted by Gasteiger charge is 2.52. The van der Waals surface area contributed by atoms with Crippen LogP contribution >= 0.6 is 11.8 Å². The topological polar surface area (TPSA) is 38.5 Å². The fourth-order valence-electron chi connectivity index (χ4n) is 3.31. The van der Waals surface area contributed by atoms with Crippen molar-refractivity contribution in [3.8, 4) is 0 Å². The van der Waals surface area contributed by atoms with Crippen LogP contribution in [0.1, 0.15) is 37.8 Å². The van der Waals surface area contributed by atoms with Crippen LogP contribution in [0.2, 0.25) is 0 Å². The number of thioether (sulfide) groups is 1. The number of rotatable bonds is 3. The number of esters is 1. The van der Waals surface area contributed by atoms with E-state index in [1.807, 2.05) is 6.07 Å². The molecule has 4 nitrogen and oxygen atoms in total. The molecule has 0 aliphatic carbocycles. The first-order chi connectivity index (χ1) is 10.6. The van der Waals surface area contributed by atoms with Gasteiger partial charge in [0.15, 0.2) is 0 Å². The fourth-order valence-corrected chi connectivity index (χ4v) is 4.46. The number of nitrogens with zero attached hydrogens (tertiary/aromatic N) is 1. The van der Waals surface area contributed by atoms with Gasteiger partial charge in [-0.1, -0.05) is 42.1 Å². The third-order valence-corrected chi connectivity index (χ3v) is 5.56. The third-order valence-electron chi connectivity index (χ3n) is 4.44. The van der Waals surface area contributed by atoms with E-state index in [-0.39, 0.29) is 17.7 Å². The highest BCUT2D eigenvalue weighted by Crippen LogP contribution is 2.40. The van der Waals surface area contributed by atoms with Crippen LogP contribution in [0.4, 0.5) is 0 Å². The summed E-state index contributed by atoms with van der Waals surface area (Å²) in [6.45, 7) is 2.86. The zero-order valence-electron chi connectivity index (χ0n) is 13.1. The van der Waals surface area contributed by atoms with Crippen LogP contribution in [0, 0.1) is 0 Å². The first-order valence-electron chi connectivity index (χ1n) is 7.68. The van der Waals surface area contributed by atoms with Crippen molar-refractivity contribution < 1.29 is 18.8 Å². The average Bonchev–Trinajstić information content (AvgIpc) is 2.91. The van der Waals surface area contributed by atoms with E-state index in [0.717, 1.165) is 19.3 Å². The van der Waals surface area contributed by atoms with Crippen LogP contribution in [-0.4, -0.2) is 40.8 Å². The zero-order valence-corrected chi connectivity index (χ0v) is 13.9. The highest BCUT2D eigenvalue weighted by molar-refractivity contribution is 8.14. The van der Waals surface area contributed by atoms with Crippen LogP contribution < -0.4 is 0 Å². The molecule has 0 bridgehead atoms. The van der Waals surface area contributed by atoms with Crippen LogP contribution in [-0.2, 0) is 14.3 Å². The monoisotopic (exact) mass is 320 g/mol. The van der Waals surface area contributed by atoms with E-state index >= 15 is 0 Å². The number of carbonyl (C=O) groups excluding carboxylic acids is 1. The summed E-state index contributed by atoms with van der Waals surface area (Å²) in [4.78, 5) is 11.5. The standard InChI is InChI=1S/C17H22NO3S/c1-17-10-6-9-15(22-12-16(19)20-2)18(17)14(11-21-17)13-7-4-3-5-8-13/h3-5,7-8,14H,6,9-12H2,1-2H3/q+1/t14-,17-/m1/s1. The molecule has 118 valence electrons. The molecule has 2 atom stereocenters. The molecule has 0 saturated carbocycles. The Bertz CT molecular complexity index is 587. The van der Waals surface area contributed by atoms with Gasteiger partial charge in [-0.15, -0.1) is 0 Å². The summed E-state index contributed by atoms with van der Waals surface area (Å²) in [5.74, 6) is 0.182. The lowest BCUT2D eigenvalue weighted by Crippen LogP contribution is -2.42. The first kappa shape index (κ1) is 15.6. The molecule has 5 heteroatoms. The van der Waals surface area contributed by atoms with E-state index in [1.54, 1.807) is 11.8 Å². The molecule has 1 fully saturated rings. The van der Waals surface area contributed by atoms with Gasteiger partial charge in [0.2, 0.25) is 11.1 Å². The number of methoxy groups -OCH3 is 1. The molecule has 2 aliphatic heterocycles. The molecule has 22 heavy (non-hydrogen) atoms. The summed E-state index contributed by atoms with van der Waals surface area (Å²) in [5, 5.41) is 1.24. The van der Waals surface area contributed by atoms with Crippen LogP contribution in [0.25, 0.3) is 0 Å².